The van der Waals surface area contributed by atoms with Crippen LogP contribution in [0.4, 0.5) is 0 Å². The van der Waals surface area contributed by atoms with Crippen LogP contribution in [0, 0.1) is 0 Å². The summed E-state index contributed by atoms with van der Waals surface area (Å²) in [6.07, 6.45) is 12.2. The molecular weight excluding hydrogens is 214 g/mol. The molecule has 0 unspecified atom stereocenters. The van der Waals surface area contributed by atoms with Gasteiger partial charge in [0, 0.05) is 23.7 Å². The Labute approximate surface area is 105 Å². The zero-order valence-electron chi connectivity index (χ0n) is 11.3. The summed E-state index contributed by atoms with van der Waals surface area (Å²) < 4.78 is 0. The zero-order chi connectivity index (χ0) is 11.9. The van der Waals surface area contributed by atoms with E-state index in [1.807, 2.05) is 0 Å². The minimum Gasteiger partial charge on any atom is -0.284 e. The van der Waals surface area contributed by atoms with Crippen molar-refractivity contribution in [1.29, 1.82) is 0 Å². The molecule has 2 heteroatoms. The van der Waals surface area contributed by atoms with Crippen LogP contribution >= 0.6 is 0 Å². The molecule has 96 valence electrons. The third kappa shape index (κ3) is 4.29. The van der Waals surface area contributed by atoms with Crippen LogP contribution in [0.3, 0.4) is 0 Å². The molecule has 0 amide bonds. The summed E-state index contributed by atoms with van der Waals surface area (Å²) in [6.45, 7) is 4.59. The SMILES string of the molecule is CCCC[S+](CCCC)C1(N)CCCCC1. The van der Waals surface area contributed by atoms with Gasteiger partial charge in [0.1, 0.15) is 11.5 Å². The normalized spacial score (nSPS) is 20.2. The van der Waals surface area contributed by atoms with E-state index in [2.05, 4.69) is 13.8 Å². The first kappa shape index (κ1) is 14.4. The van der Waals surface area contributed by atoms with Crippen molar-refractivity contribution in [2.24, 2.45) is 5.73 Å². The Balaban J connectivity index is 2.50. The second-order valence-electron chi connectivity index (χ2n) is 5.23. The molecule has 0 atom stereocenters. The molecule has 0 aromatic carbocycles. The van der Waals surface area contributed by atoms with Gasteiger partial charge < -0.3 is 0 Å². The molecule has 1 nitrogen and oxygen atoms in total. The van der Waals surface area contributed by atoms with Crippen LogP contribution < -0.4 is 5.73 Å². The highest BCUT2D eigenvalue weighted by atomic mass is 32.2. The Morgan fingerprint density at radius 1 is 0.938 bits per heavy atom. The predicted molar refractivity (Wildman–Crippen MR) is 76.9 cm³/mol. The summed E-state index contributed by atoms with van der Waals surface area (Å²) in [7, 11) is 0.502. The van der Waals surface area contributed by atoms with Gasteiger partial charge in [0.2, 0.25) is 0 Å². The van der Waals surface area contributed by atoms with Gasteiger partial charge in [-0.3, -0.25) is 5.73 Å². The molecular formula is C14H30NS+. The van der Waals surface area contributed by atoms with Gasteiger partial charge in [0.05, 0.1) is 0 Å². The molecule has 1 aliphatic rings. The predicted octanol–water partition coefficient (Wildman–Crippen LogP) is 3.82. The third-order valence-corrected chi connectivity index (χ3v) is 6.88. The quantitative estimate of drug-likeness (QED) is 0.677. The highest BCUT2D eigenvalue weighted by molar-refractivity contribution is 7.98. The van der Waals surface area contributed by atoms with Crippen molar-refractivity contribution in [2.75, 3.05) is 11.5 Å². The first-order valence-corrected chi connectivity index (χ1v) is 8.75. The topological polar surface area (TPSA) is 26.0 Å². The van der Waals surface area contributed by atoms with Gasteiger partial charge in [-0.25, -0.2) is 0 Å². The summed E-state index contributed by atoms with van der Waals surface area (Å²) in [4.78, 5) is 0.225. The van der Waals surface area contributed by atoms with E-state index in [4.69, 9.17) is 5.73 Å². The monoisotopic (exact) mass is 244 g/mol. The van der Waals surface area contributed by atoms with Crippen molar-refractivity contribution >= 4 is 10.9 Å². The van der Waals surface area contributed by atoms with Gasteiger partial charge in [-0.05, 0) is 25.7 Å². The maximum Gasteiger partial charge on any atom is 0.177 e. The largest absolute Gasteiger partial charge is 0.284 e. The Hall–Kier alpha value is 0.310. The number of unbranched alkanes of at least 4 members (excludes halogenated alkanes) is 2. The lowest BCUT2D eigenvalue weighted by atomic mass is 9.96. The second-order valence-corrected chi connectivity index (χ2v) is 7.85. The fourth-order valence-electron chi connectivity index (χ4n) is 2.58. The molecule has 1 fully saturated rings. The van der Waals surface area contributed by atoms with Crippen molar-refractivity contribution in [3.8, 4) is 0 Å². The van der Waals surface area contributed by atoms with Crippen LogP contribution in [0.1, 0.15) is 71.6 Å². The number of hydrogen-bond acceptors (Lipinski definition) is 1. The number of nitrogens with two attached hydrogens (primary N) is 1. The van der Waals surface area contributed by atoms with Gasteiger partial charge in [-0.1, -0.05) is 33.1 Å². The van der Waals surface area contributed by atoms with Gasteiger partial charge in [0.15, 0.2) is 4.87 Å². The maximum atomic E-state index is 6.70. The average molecular weight is 244 g/mol. The van der Waals surface area contributed by atoms with Crippen LogP contribution in [-0.2, 0) is 10.9 Å². The summed E-state index contributed by atoms with van der Waals surface area (Å²) >= 11 is 0. The first-order valence-electron chi connectivity index (χ1n) is 7.19. The van der Waals surface area contributed by atoms with Crippen molar-refractivity contribution in [2.45, 2.75) is 76.5 Å². The molecule has 16 heavy (non-hydrogen) atoms. The molecule has 1 aliphatic carbocycles. The molecule has 1 saturated carbocycles. The Morgan fingerprint density at radius 3 is 1.88 bits per heavy atom. The van der Waals surface area contributed by atoms with Crippen molar-refractivity contribution in [1.82, 2.24) is 0 Å². The highest BCUT2D eigenvalue weighted by Gasteiger charge is 2.43. The van der Waals surface area contributed by atoms with Gasteiger partial charge in [-0.15, -0.1) is 0 Å². The fraction of sp³-hybridized carbons (Fsp3) is 1.00. The molecule has 0 saturated heterocycles. The Bertz CT molecular complexity index is 168. The summed E-state index contributed by atoms with van der Waals surface area (Å²) in [5.41, 5.74) is 6.70. The molecule has 0 bridgehead atoms. The first-order chi connectivity index (χ1) is 7.73. The van der Waals surface area contributed by atoms with E-state index in [0.29, 0.717) is 10.9 Å². The van der Waals surface area contributed by atoms with E-state index in [1.165, 1.54) is 69.3 Å². The minimum absolute atomic E-state index is 0.225. The van der Waals surface area contributed by atoms with E-state index < -0.39 is 0 Å². The molecule has 0 aromatic heterocycles. The molecule has 0 aromatic rings. The highest BCUT2D eigenvalue weighted by Crippen LogP contribution is 2.33. The van der Waals surface area contributed by atoms with Crippen molar-refractivity contribution in [3.05, 3.63) is 0 Å². The van der Waals surface area contributed by atoms with Crippen molar-refractivity contribution < 1.29 is 0 Å². The van der Waals surface area contributed by atoms with E-state index in [-0.39, 0.29) is 4.87 Å². The lowest BCUT2D eigenvalue weighted by Gasteiger charge is -2.33. The van der Waals surface area contributed by atoms with Crippen LogP contribution in [0.25, 0.3) is 0 Å². The van der Waals surface area contributed by atoms with Crippen LogP contribution in [0.2, 0.25) is 0 Å². The van der Waals surface area contributed by atoms with E-state index in [1.54, 1.807) is 0 Å². The van der Waals surface area contributed by atoms with E-state index in [0.717, 1.165) is 0 Å². The molecule has 1 rings (SSSR count). The van der Waals surface area contributed by atoms with Crippen LogP contribution in [-0.4, -0.2) is 16.4 Å². The van der Waals surface area contributed by atoms with Gasteiger partial charge in [-0.2, -0.15) is 0 Å². The lowest BCUT2D eigenvalue weighted by Crippen LogP contribution is -2.51. The Morgan fingerprint density at radius 2 is 1.44 bits per heavy atom. The smallest absolute Gasteiger partial charge is 0.177 e. The molecule has 0 spiro atoms. The second kappa shape index (κ2) is 7.60. The molecule has 2 N–H and O–H groups in total. The lowest BCUT2D eigenvalue weighted by molar-refractivity contribution is 0.402. The summed E-state index contributed by atoms with van der Waals surface area (Å²) in [5, 5.41) is 0. The van der Waals surface area contributed by atoms with E-state index in [9.17, 15) is 0 Å². The van der Waals surface area contributed by atoms with Gasteiger partial charge >= 0.3 is 0 Å². The molecule has 0 aliphatic heterocycles. The van der Waals surface area contributed by atoms with E-state index >= 15 is 0 Å². The van der Waals surface area contributed by atoms with Gasteiger partial charge in [0.25, 0.3) is 0 Å². The standard InChI is InChI=1S/C14H30NS/c1-3-5-12-16(13-6-4-2)14(15)10-8-7-9-11-14/h3-13,15H2,1-2H3/q+1. The maximum absolute atomic E-state index is 6.70. The Kier molecular flexibility index (Phi) is 6.83. The number of rotatable bonds is 7. The van der Waals surface area contributed by atoms with Crippen LogP contribution in [0.15, 0.2) is 0 Å². The molecule has 0 radical (unpaired) electrons. The minimum atomic E-state index is 0.225. The fourth-order valence-corrected chi connectivity index (χ4v) is 5.74. The average Bonchev–Trinajstić information content (AvgIpc) is 2.30. The van der Waals surface area contributed by atoms with Crippen LogP contribution in [0.5, 0.6) is 0 Å². The molecule has 0 heterocycles. The number of hydrogen-bond donors (Lipinski definition) is 1. The third-order valence-electron chi connectivity index (χ3n) is 3.76. The zero-order valence-corrected chi connectivity index (χ0v) is 12.1. The summed E-state index contributed by atoms with van der Waals surface area (Å²) in [5.74, 6) is 2.79. The summed E-state index contributed by atoms with van der Waals surface area (Å²) in [6, 6.07) is 0. The van der Waals surface area contributed by atoms with Crippen molar-refractivity contribution in [3.63, 3.8) is 0 Å².